The number of hydrogen-bond acceptors (Lipinski definition) is 6. The zero-order valence-corrected chi connectivity index (χ0v) is 16.9. The van der Waals surface area contributed by atoms with Crippen molar-refractivity contribution < 1.29 is 8.78 Å². The summed E-state index contributed by atoms with van der Waals surface area (Å²) in [5, 5.41) is 9.75. The molecule has 3 aromatic rings. The third-order valence-corrected chi connectivity index (χ3v) is 5.65. The number of aromatic nitrogens is 5. The Balaban J connectivity index is 1.71. The van der Waals surface area contributed by atoms with E-state index < -0.39 is 11.6 Å². The molecule has 2 aromatic heterocycles. The summed E-state index contributed by atoms with van der Waals surface area (Å²) in [5.41, 5.74) is 1.89. The maximum absolute atomic E-state index is 13.8. The molecule has 27 heavy (non-hydrogen) atoms. The quantitative estimate of drug-likeness (QED) is 0.422. The molecule has 142 valence electrons. The standard InChI is InChI=1S/C18H19F2N5S2/c1-4-25-16(10-26-17-21-11(2)8-12(3)22-17)23-24-18(25)27-9-13-14(19)6-5-7-15(13)20/h5-8H,4,9-10H2,1-3H3. The van der Waals surface area contributed by atoms with Crippen molar-refractivity contribution in [2.24, 2.45) is 0 Å². The zero-order chi connectivity index (χ0) is 19.4. The fourth-order valence-corrected chi connectivity index (χ4v) is 4.47. The molecule has 3 rings (SSSR count). The second-order valence-electron chi connectivity index (χ2n) is 5.85. The number of hydrogen-bond donors (Lipinski definition) is 0. The Morgan fingerprint density at radius 1 is 0.963 bits per heavy atom. The molecule has 0 amide bonds. The highest BCUT2D eigenvalue weighted by Crippen LogP contribution is 2.27. The summed E-state index contributed by atoms with van der Waals surface area (Å²) >= 11 is 2.76. The summed E-state index contributed by atoms with van der Waals surface area (Å²) in [6.07, 6.45) is 0. The molecule has 0 N–H and O–H groups in total. The molecular weight excluding hydrogens is 388 g/mol. The van der Waals surface area contributed by atoms with Crippen LogP contribution in [-0.4, -0.2) is 24.7 Å². The first kappa shape index (κ1) is 19.8. The van der Waals surface area contributed by atoms with Gasteiger partial charge in [-0.15, -0.1) is 10.2 Å². The normalized spacial score (nSPS) is 11.1. The Morgan fingerprint density at radius 2 is 1.63 bits per heavy atom. The van der Waals surface area contributed by atoms with Crippen LogP contribution in [-0.2, 0) is 18.1 Å². The van der Waals surface area contributed by atoms with E-state index in [9.17, 15) is 8.78 Å². The molecule has 2 heterocycles. The van der Waals surface area contributed by atoms with Crippen molar-refractivity contribution in [3.63, 3.8) is 0 Å². The van der Waals surface area contributed by atoms with Crippen LogP contribution in [0.3, 0.4) is 0 Å². The van der Waals surface area contributed by atoms with Gasteiger partial charge in [-0.1, -0.05) is 29.6 Å². The molecule has 0 aliphatic rings. The van der Waals surface area contributed by atoms with Gasteiger partial charge in [0.15, 0.2) is 10.3 Å². The molecule has 0 saturated carbocycles. The summed E-state index contributed by atoms with van der Waals surface area (Å²) in [6.45, 7) is 6.52. The van der Waals surface area contributed by atoms with Crippen LogP contribution in [0.4, 0.5) is 8.78 Å². The Bertz CT molecular complexity index is 905. The van der Waals surface area contributed by atoms with E-state index in [0.717, 1.165) is 17.2 Å². The summed E-state index contributed by atoms with van der Waals surface area (Å²) in [7, 11) is 0. The van der Waals surface area contributed by atoms with Gasteiger partial charge in [0.1, 0.15) is 17.5 Å². The van der Waals surface area contributed by atoms with Crippen LogP contribution in [0.1, 0.15) is 29.7 Å². The zero-order valence-electron chi connectivity index (χ0n) is 15.2. The van der Waals surface area contributed by atoms with Crippen molar-refractivity contribution in [2.45, 2.75) is 49.1 Å². The van der Waals surface area contributed by atoms with Gasteiger partial charge in [-0.3, -0.25) is 0 Å². The molecule has 0 unspecified atom stereocenters. The van der Waals surface area contributed by atoms with E-state index in [1.165, 1.54) is 41.7 Å². The summed E-state index contributed by atoms with van der Waals surface area (Å²) in [5.74, 6) is 0.407. The number of benzene rings is 1. The maximum atomic E-state index is 13.8. The van der Waals surface area contributed by atoms with Gasteiger partial charge >= 0.3 is 0 Å². The number of halogens is 2. The van der Waals surface area contributed by atoms with Gasteiger partial charge in [0.2, 0.25) is 0 Å². The van der Waals surface area contributed by atoms with E-state index in [-0.39, 0.29) is 11.3 Å². The Hall–Kier alpha value is -2.00. The largest absolute Gasteiger partial charge is 0.306 e. The molecule has 0 saturated heterocycles. The highest BCUT2D eigenvalue weighted by Gasteiger charge is 2.15. The van der Waals surface area contributed by atoms with Crippen molar-refractivity contribution in [2.75, 3.05) is 0 Å². The summed E-state index contributed by atoms with van der Waals surface area (Å²) in [4.78, 5) is 8.83. The minimum Gasteiger partial charge on any atom is -0.306 e. The Morgan fingerprint density at radius 3 is 2.26 bits per heavy atom. The van der Waals surface area contributed by atoms with Crippen molar-refractivity contribution in [3.05, 3.63) is 58.7 Å². The highest BCUT2D eigenvalue weighted by atomic mass is 32.2. The topological polar surface area (TPSA) is 56.5 Å². The molecule has 0 aliphatic heterocycles. The van der Waals surface area contributed by atoms with Crippen LogP contribution < -0.4 is 0 Å². The molecular formula is C18H19F2N5S2. The molecule has 1 aromatic carbocycles. The van der Waals surface area contributed by atoms with Crippen LogP contribution >= 0.6 is 23.5 Å². The minimum absolute atomic E-state index is 0.0488. The third kappa shape index (κ3) is 4.84. The maximum Gasteiger partial charge on any atom is 0.191 e. The molecule has 0 atom stereocenters. The van der Waals surface area contributed by atoms with Gasteiger partial charge < -0.3 is 4.57 Å². The van der Waals surface area contributed by atoms with Crippen LogP contribution in [0.25, 0.3) is 0 Å². The van der Waals surface area contributed by atoms with Crippen molar-refractivity contribution in [3.8, 4) is 0 Å². The average Bonchev–Trinajstić information content (AvgIpc) is 3.00. The van der Waals surface area contributed by atoms with Gasteiger partial charge in [-0.05, 0) is 39.0 Å². The van der Waals surface area contributed by atoms with Gasteiger partial charge in [-0.2, -0.15) is 0 Å². The number of rotatable bonds is 7. The summed E-state index contributed by atoms with van der Waals surface area (Å²) < 4.78 is 29.5. The van der Waals surface area contributed by atoms with E-state index in [4.69, 9.17) is 0 Å². The van der Waals surface area contributed by atoms with Crippen molar-refractivity contribution >= 4 is 23.5 Å². The van der Waals surface area contributed by atoms with E-state index in [1.54, 1.807) is 0 Å². The molecule has 0 fully saturated rings. The lowest BCUT2D eigenvalue weighted by Crippen LogP contribution is -2.03. The van der Waals surface area contributed by atoms with E-state index in [0.29, 0.717) is 22.6 Å². The van der Waals surface area contributed by atoms with Crippen LogP contribution in [0.5, 0.6) is 0 Å². The average molecular weight is 408 g/mol. The van der Waals surface area contributed by atoms with Gasteiger partial charge in [-0.25, -0.2) is 18.7 Å². The predicted molar refractivity (Wildman–Crippen MR) is 103 cm³/mol. The first-order valence-electron chi connectivity index (χ1n) is 8.40. The predicted octanol–water partition coefficient (Wildman–Crippen LogP) is 4.57. The molecule has 0 radical (unpaired) electrons. The lowest BCUT2D eigenvalue weighted by molar-refractivity contribution is 0.566. The molecule has 5 nitrogen and oxygen atoms in total. The SMILES string of the molecule is CCn1c(CSc2nc(C)cc(C)n2)nnc1SCc1c(F)cccc1F. The molecule has 0 bridgehead atoms. The van der Waals surface area contributed by atoms with E-state index in [2.05, 4.69) is 20.2 Å². The van der Waals surface area contributed by atoms with Crippen LogP contribution in [0.15, 0.2) is 34.6 Å². The third-order valence-electron chi connectivity index (χ3n) is 3.81. The Labute approximate surface area is 165 Å². The highest BCUT2D eigenvalue weighted by molar-refractivity contribution is 7.98. The summed E-state index contributed by atoms with van der Waals surface area (Å²) in [6, 6.07) is 5.80. The van der Waals surface area contributed by atoms with Gasteiger partial charge in [0, 0.05) is 29.2 Å². The van der Waals surface area contributed by atoms with Crippen molar-refractivity contribution in [1.82, 2.24) is 24.7 Å². The van der Waals surface area contributed by atoms with E-state index in [1.807, 2.05) is 31.4 Å². The molecule has 0 aliphatic carbocycles. The lowest BCUT2D eigenvalue weighted by Gasteiger charge is -2.08. The number of thioether (sulfide) groups is 2. The minimum atomic E-state index is -0.548. The number of nitrogens with zero attached hydrogens (tertiary/aromatic N) is 5. The first-order valence-corrected chi connectivity index (χ1v) is 10.4. The van der Waals surface area contributed by atoms with Crippen LogP contribution in [0.2, 0.25) is 0 Å². The van der Waals surface area contributed by atoms with Crippen molar-refractivity contribution in [1.29, 1.82) is 0 Å². The second kappa shape index (κ2) is 8.79. The lowest BCUT2D eigenvalue weighted by atomic mass is 10.2. The molecule has 0 spiro atoms. The number of aryl methyl sites for hydroxylation is 2. The second-order valence-corrected chi connectivity index (χ2v) is 7.74. The fourth-order valence-electron chi connectivity index (χ4n) is 2.54. The smallest absolute Gasteiger partial charge is 0.191 e. The van der Waals surface area contributed by atoms with E-state index >= 15 is 0 Å². The Kier molecular flexibility index (Phi) is 6.43. The van der Waals surface area contributed by atoms with Gasteiger partial charge in [0.25, 0.3) is 0 Å². The monoisotopic (exact) mass is 407 g/mol. The fraction of sp³-hybridized carbons (Fsp3) is 0.333. The molecule has 9 heteroatoms. The van der Waals surface area contributed by atoms with Crippen LogP contribution in [0, 0.1) is 25.5 Å². The van der Waals surface area contributed by atoms with Gasteiger partial charge in [0.05, 0.1) is 5.75 Å². The first-order chi connectivity index (χ1) is 13.0.